The first-order chi connectivity index (χ1) is 14.6. The fourth-order valence-electron chi connectivity index (χ4n) is 4.49. The van der Waals surface area contributed by atoms with Crippen LogP contribution in [0.25, 0.3) is 0 Å². The number of benzene rings is 2. The fourth-order valence-corrected chi connectivity index (χ4v) is 4.49. The summed E-state index contributed by atoms with van der Waals surface area (Å²) in [6.07, 6.45) is 2.36. The lowest BCUT2D eigenvalue weighted by atomic mass is 9.90. The number of rotatable bonds is 5. The number of hydrogen-bond donors (Lipinski definition) is 0. The average Bonchev–Trinajstić information content (AvgIpc) is 3.50. The molecular weight excluding hydrogens is 380 g/mol. The third kappa shape index (κ3) is 3.47. The molecule has 6 nitrogen and oxygen atoms in total. The van der Waals surface area contributed by atoms with Crippen molar-refractivity contribution in [2.45, 2.75) is 37.8 Å². The molecule has 1 saturated carbocycles. The van der Waals surface area contributed by atoms with E-state index >= 15 is 0 Å². The van der Waals surface area contributed by atoms with Gasteiger partial charge in [0.05, 0.1) is 12.5 Å². The molecule has 2 aromatic carbocycles. The Morgan fingerprint density at radius 3 is 2.50 bits per heavy atom. The van der Waals surface area contributed by atoms with E-state index in [1.54, 1.807) is 4.90 Å². The van der Waals surface area contributed by atoms with Crippen molar-refractivity contribution in [3.8, 4) is 0 Å². The zero-order valence-electron chi connectivity index (χ0n) is 16.7. The quantitative estimate of drug-likeness (QED) is 0.768. The predicted molar refractivity (Wildman–Crippen MR) is 109 cm³/mol. The molecule has 2 aliphatic heterocycles. The van der Waals surface area contributed by atoms with Gasteiger partial charge in [0.2, 0.25) is 5.91 Å². The van der Waals surface area contributed by atoms with Gasteiger partial charge in [-0.25, -0.2) is 9.69 Å². The van der Waals surface area contributed by atoms with Crippen LogP contribution in [0.1, 0.15) is 35.6 Å². The first-order valence-corrected chi connectivity index (χ1v) is 10.5. The Kier molecular flexibility index (Phi) is 4.77. The van der Waals surface area contributed by atoms with Gasteiger partial charge in [0, 0.05) is 6.54 Å². The minimum atomic E-state index is -0.771. The lowest BCUT2D eigenvalue weighted by molar-refractivity contribution is -0.146. The van der Waals surface area contributed by atoms with E-state index in [4.69, 9.17) is 4.74 Å². The van der Waals surface area contributed by atoms with Crippen LogP contribution in [0.4, 0.5) is 4.79 Å². The topological polar surface area (TPSA) is 66.9 Å². The van der Waals surface area contributed by atoms with Crippen molar-refractivity contribution in [2.75, 3.05) is 13.2 Å². The summed E-state index contributed by atoms with van der Waals surface area (Å²) < 4.78 is 5.27. The smallest absolute Gasteiger partial charge is 0.417 e. The highest BCUT2D eigenvalue weighted by atomic mass is 16.6. The van der Waals surface area contributed by atoms with Crippen LogP contribution >= 0.6 is 0 Å². The third-order valence-electron chi connectivity index (χ3n) is 6.22. The van der Waals surface area contributed by atoms with Crippen LogP contribution in [-0.2, 0) is 27.2 Å². The number of fused-ring (bicyclic) bond motifs is 1. The van der Waals surface area contributed by atoms with Crippen molar-refractivity contribution in [1.82, 2.24) is 9.80 Å². The third-order valence-corrected chi connectivity index (χ3v) is 6.22. The lowest BCUT2D eigenvalue weighted by Gasteiger charge is -2.38. The summed E-state index contributed by atoms with van der Waals surface area (Å²) in [6, 6.07) is 16.2. The molecule has 1 saturated heterocycles. The molecule has 0 radical (unpaired) electrons. The Bertz CT molecular complexity index is 986. The second-order valence-corrected chi connectivity index (χ2v) is 8.40. The largest absolute Gasteiger partial charge is 0.447 e. The highest BCUT2D eigenvalue weighted by molar-refractivity contribution is 6.00. The van der Waals surface area contributed by atoms with Crippen molar-refractivity contribution in [3.63, 3.8) is 0 Å². The zero-order valence-corrected chi connectivity index (χ0v) is 16.7. The maximum atomic E-state index is 13.8. The molecular formula is C24H24N2O4. The van der Waals surface area contributed by atoms with E-state index in [0.717, 1.165) is 29.5 Å². The highest BCUT2D eigenvalue weighted by Crippen LogP contribution is 2.38. The molecule has 2 atom stereocenters. The second kappa shape index (κ2) is 7.59. The summed E-state index contributed by atoms with van der Waals surface area (Å²) in [6.45, 7) is 0.736. The number of amides is 3. The summed E-state index contributed by atoms with van der Waals surface area (Å²) >= 11 is 0. The van der Waals surface area contributed by atoms with Gasteiger partial charge in [0.15, 0.2) is 0 Å². The van der Waals surface area contributed by atoms with Crippen LogP contribution in [0.3, 0.4) is 0 Å². The molecule has 0 N–H and O–H groups in total. The molecule has 5 rings (SSSR count). The normalized spacial score (nSPS) is 23.3. The van der Waals surface area contributed by atoms with Crippen LogP contribution in [0, 0.1) is 5.92 Å². The van der Waals surface area contributed by atoms with Crippen LogP contribution in [-0.4, -0.2) is 46.9 Å². The molecule has 30 heavy (non-hydrogen) atoms. The second-order valence-electron chi connectivity index (χ2n) is 8.40. The molecule has 6 heteroatoms. The van der Waals surface area contributed by atoms with E-state index in [1.165, 1.54) is 4.90 Å². The van der Waals surface area contributed by atoms with E-state index < -0.39 is 12.1 Å². The number of carbonyl (C=O) groups excluding carboxylic acids is 3. The first kappa shape index (κ1) is 18.9. The molecule has 1 aliphatic carbocycles. The van der Waals surface area contributed by atoms with Gasteiger partial charge in [0.25, 0.3) is 5.91 Å². The maximum absolute atomic E-state index is 13.8. The Labute approximate surface area is 175 Å². The number of ether oxygens (including phenoxy) is 1. The van der Waals surface area contributed by atoms with Crippen molar-refractivity contribution < 1.29 is 19.1 Å². The molecule has 3 aliphatic rings. The summed E-state index contributed by atoms with van der Waals surface area (Å²) in [4.78, 5) is 42.2. The molecule has 0 aromatic heterocycles. The number of imide groups is 1. The van der Waals surface area contributed by atoms with E-state index in [2.05, 4.69) is 0 Å². The number of carbonyl (C=O) groups is 3. The summed E-state index contributed by atoms with van der Waals surface area (Å²) in [5, 5.41) is 0. The molecule has 2 fully saturated rings. The zero-order chi connectivity index (χ0) is 20.7. The summed E-state index contributed by atoms with van der Waals surface area (Å²) in [5.41, 5.74) is 2.72. The van der Waals surface area contributed by atoms with Crippen LogP contribution in [0.15, 0.2) is 54.6 Å². The summed E-state index contributed by atoms with van der Waals surface area (Å²) in [5.74, 6) is 0.0332. The number of cyclic esters (lactones) is 1. The van der Waals surface area contributed by atoms with Gasteiger partial charge in [-0.2, -0.15) is 0 Å². The van der Waals surface area contributed by atoms with Gasteiger partial charge in [-0.15, -0.1) is 0 Å². The Morgan fingerprint density at radius 2 is 1.73 bits per heavy atom. The summed E-state index contributed by atoms with van der Waals surface area (Å²) in [7, 11) is 0. The lowest BCUT2D eigenvalue weighted by Crippen LogP contribution is -2.51. The maximum Gasteiger partial charge on any atom is 0.417 e. The molecule has 0 bridgehead atoms. The first-order valence-electron chi connectivity index (χ1n) is 10.5. The van der Waals surface area contributed by atoms with E-state index in [9.17, 15) is 14.4 Å². The Morgan fingerprint density at radius 1 is 1.00 bits per heavy atom. The SMILES string of the molecule is O=C1Cc2ccccc2[C@H](C(=O)N2C(=O)OC[C@@H]2Cc2ccccc2)N1CC1CC1. The van der Waals surface area contributed by atoms with Gasteiger partial charge >= 0.3 is 6.09 Å². The van der Waals surface area contributed by atoms with Crippen molar-refractivity contribution in [2.24, 2.45) is 5.92 Å². The minimum Gasteiger partial charge on any atom is -0.447 e. The molecule has 0 unspecified atom stereocenters. The van der Waals surface area contributed by atoms with Gasteiger partial charge in [-0.3, -0.25) is 9.59 Å². The van der Waals surface area contributed by atoms with Crippen molar-refractivity contribution in [1.29, 1.82) is 0 Å². The number of hydrogen-bond acceptors (Lipinski definition) is 4. The van der Waals surface area contributed by atoms with Gasteiger partial charge < -0.3 is 9.64 Å². The van der Waals surface area contributed by atoms with Gasteiger partial charge in [0.1, 0.15) is 12.6 Å². The monoisotopic (exact) mass is 404 g/mol. The predicted octanol–water partition coefficient (Wildman–Crippen LogP) is 3.11. The van der Waals surface area contributed by atoms with Crippen LogP contribution in [0.2, 0.25) is 0 Å². The van der Waals surface area contributed by atoms with E-state index in [1.807, 2.05) is 54.6 Å². The fraction of sp³-hybridized carbons (Fsp3) is 0.375. The Hall–Kier alpha value is -3.15. The standard InChI is InChI=1S/C24H24N2O4/c27-21-13-18-8-4-5-9-20(18)22(25(21)14-17-10-11-17)23(28)26-19(15-30-24(26)29)12-16-6-2-1-3-7-16/h1-9,17,19,22H,10-15H2/t19-,22+/m0/s1. The van der Waals surface area contributed by atoms with Gasteiger partial charge in [-0.05, 0) is 41.9 Å². The molecule has 3 amide bonds. The Balaban J connectivity index is 1.48. The molecule has 2 heterocycles. The van der Waals surface area contributed by atoms with Gasteiger partial charge in [-0.1, -0.05) is 54.6 Å². The number of nitrogens with zero attached hydrogens (tertiary/aromatic N) is 2. The molecule has 2 aromatic rings. The van der Waals surface area contributed by atoms with E-state index in [0.29, 0.717) is 25.3 Å². The van der Waals surface area contributed by atoms with Crippen LogP contribution in [0.5, 0.6) is 0 Å². The van der Waals surface area contributed by atoms with Crippen molar-refractivity contribution >= 4 is 17.9 Å². The molecule has 0 spiro atoms. The van der Waals surface area contributed by atoms with Crippen molar-refractivity contribution in [3.05, 3.63) is 71.3 Å². The molecule has 154 valence electrons. The van der Waals surface area contributed by atoms with Crippen LogP contribution < -0.4 is 0 Å². The average molecular weight is 404 g/mol. The van der Waals surface area contributed by atoms with E-state index in [-0.39, 0.29) is 24.5 Å². The highest BCUT2D eigenvalue weighted by Gasteiger charge is 2.47. The minimum absolute atomic E-state index is 0.0499.